The van der Waals surface area contributed by atoms with Gasteiger partial charge < -0.3 is 15.6 Å². The maximum Gasteiger partial charge on any atom is 0.250 e. The van der Waals surface area contributed by atoms with Crippen LogP contribution in [0.2, 0.25) is 0 Å². The fraction of sp³-hybridized carbons (Fsp3) is 0.571. The van der Waals surface area contributed by atoms with Crippen molar-refractivity contribution in [1.29, 1.82) is 0 Å². The van der Waals surface area contributed by atoms with Crippen molar-refractivity contribution in [1.82, 2.24) is 4.57 Å². The van der Waals surface area contributed by atoms with Crippen molar-refractivity contribution in [2.75, 3.05) is 11.9 Å². The molecule has 0 aromatic carbocycles. The van der Waals surface area contributed by atoms with Gasteiger partial charge in [-0.05, 0) is 25.3 Å². The topological polar surface area (TPSA) is 77.1 Å². The largest absolute Gasteiger partial charge is 0.329 e. The highest BCUT2D eigenvalue weighted by Gasteiger charge is 2.33. The van der Waals surface area contributed by atoms with Crippen molar-refractivity contribution in [3.63, 3.8) is 0 Å². The lowest BCUT2D eigenvalue weighted by atomic mass is 9.81. The molecule has 1 heterocycles. The van der Waals surface area contributed by atoms with E-state index in [0.29, 0.717) is 25.1 Å². The highest BCUT2D eigenvalue weighted by atomic mass is 35.5. The molecule has 3 N–H and O–H groups in total. The summed E-state index contributed by atoms with van der Waals surface area (Å²) >= 11 is 0. The molecular formula is C14H24ClN3O2. The molecule has 0 fully saturated rings. The van der Waals surface area contributed by atoms with Crippen LogP contribution in [0.1, 0.15) is 32.3 Å². The summed E-state index contributed by atoms with van der Waals surface area (Å²) in [6, 6.07) is 1.51. The molecule has 0 saturated carbocycles. The molecule has 0 aliphatic rings. The second-order valence-electron chi connectivity index (χ2n) is 4.96. The van der Waals surface area contributed by atoms with Crippen LogP contribution in [-0.2, 0) is 11.8 Å². The van der Waals surface area contributed by atoms with Crippen LogP contribution in [0, 0.1) is 12.3 Å². The Balaban J connectivity index is 0.00000361. The molecule has 0 atom stereocenters. The van der Waals surface area contributed by atoms with Crippen LogP contribution in [0.3, 0.4) is 0 Å². The zero-order valence-corrected chi connectivity index (χ0v) is 13.3. The third-order valence-corrected chi connectivity index (χ3v) is 3.91. The van der Waals surface area contributed by atoms with Gasteiger partial charge in [0.25, 0.3) is 5.56 Å². The Morgan fingerprint density at radius 2 is 1.95 bits per heavy atom. The Morgan fingerprint density at radius 3 is 2.40 bits per heavy atom. The van der Waals surface area contributed by atoms with E-state index >= 15 is 0 Å². The van der Waals surface area contributed by atoms with E-state index < -0.39 is 5.41 Å². The Morgan fingerprint density at radius 1 is 1.40 bits per heavy atom. The third kappa shape index (κ3) is 3.61. The van der Waals surface area contributed by atoms with Crippen LogP contribution in [-0.4, -0.2) is 17.0 Å². The standard InChI is InChI=1S/C14H23N3O2.ClH/c1-5-14(6-2,9-15)13(19)16-11-8-17(4)12(18)7-10(11)3;/h7-8H,5-6,9,15H2,1-4H3,(H,16,19);1H. The minimum absolute atomic E-state index is 0. The van der Waals surface area contributed by atoms with Crippen LogP contribution >= 0.6 is 12.4 Å². The predicted octanol–water partition coefficient (Wildman–Crippen LogP) is 1.82. The van der Waals surface area contributed by atoms with Crippen molar-refractivity contribution < 1.29 is 4.79 Å². The Labute approximate surface area is 126 Å². The number of hydrogen-bond acceptors (Lipinski definition) is 3. The lowest BCUT2D eigenvalue weighted by Gasteiger charge is -2.28. The maximum atomic E-state index is 12.4. The van der Waals surface area contributed by atoms with Gasteiger partial charge in [0.2, 0.25) is 5.91 Å². The van der Waals surface area contributed by atoms with Gasteiger partial charge in [0.1, 0.15) is 0 Å². The quantitative estimate of drug-likeness (QED) is 0.871. The monoisotopic (exact) mass is 301 g/mol. The molecule has 0 radical (unpaired) electrons. The number of carbonyl (C=O) groups excluding carboxylic acids is 1. The summed E-state index contributed by atoms with van der Waals surface area (Å²) in [6.07, 6.45) is 3.02. The first kappa shape index (κ1) is 18.7. The second-order valence-corrected chi connectivity index (χ2v) is 4.96. The predicted molar refractivity (Wildman–Crippen MR) is 84.4 cm³/mol. The van der Waals surface area contributed by atoms with Gasteiger partial charge in [-0.15, -0.1) is 12.4 Å². The summed E-state index contributed by atoms with van der Waals surface area (Å²) in [5, 5.41) is 2.89. The summed E-state index contributed by atoms with van der Waals surface area (Å²) in [7, 11) is 1.66. The molecule has 0 spiro atoms. The van der Waals surface area contributed by atoms with Crippen LogP contribution in [0.5, 0.6) is 0 Å². The molecule has 0 saturated heterocycles. The molecule has 5 nitrogen and oxygen atoms in total. The molecule has 1 amide bonds. The van der Waals surface area contributed by atoms with Gasteiger partial charge in [-0.25, -0.2) is 0 Å². The normalized spacial score (nSPS) is 10.8. The van der Waals surface area contributed by atoms with Gasteiger partial charge in [0, 0.05) is 25.9 Å². The van der Waals surface area contributed by atoms with E-state index in [1.807, 2.05) is 13.8 Å². The van der Waals surface area contributed by atoms with Gasteiger partial charge in [0.05, 0.1) is 11.1 Å². The summed E-state index contributed by atoms with van der Waals surface area (Å²) in [4.78, 5) is 23.9. The van der Waals surface area contributed by atoms with Gasteiger partial charge in [-0.1, -0.05) is 13.8 Å². The van der Waals surface area contributed by atoms with E-state index in [4.69, 9.17) is 5.73 Å². The number of hydrogen-bond donors (Lipinski definition) is 2. The number of aryl methyl sites for hydroxylation is 2. The molecule has 1 rings (SSSR count). The molecule has 0 aliphatic heterocycles. The zero-order chi connectivity index (χ0) is 14.6. The number of nitrogens with zero attached hydrogens (tertiary/aromatic N) is 1. The molecule has 0 aliphatic carbocycles. The van der Waals surface area contributed by atoms with E-state index in [9.17, 15) is 9.59 Å². The Hall–Kier alpha value is -1.33. The summed E-state index contributed by atoms with van der Waals surface area (Å²) in [5.41, 5.74) is 6.55. The van der Waals surface area contributed by atoms with Crippen LogP contribution < -0.4 is 16.6 Å². The SMILES string of the molecule is CCC(CC)(CN)C(=O)Nc1cn(C)c(=O)cc1C.Cl. The number of aromatic nitrogens is 1. The number of pyridine rings is 1. The molecule has 114 valence electrons. The van der Waals surface area contributed by atoms with Crippen molar-refractivity contribution in [2.45, 2.75) is 33.6 Å². The number of amides is 1. The molecular weight excluding hydrogens is 278 g/mol. The number of nitrogens with two attached hydrogens (primary N) is 1. The van der Waals surface area contributed by atoms with Gasteiger partial charge >= 0.3 is 0 Å². The average Bonchev–Trinajstić information content (AvgIpc) is 2.38. The highest BCUT2D eigenvalue weighted by Crippen LogP contribution is 2.27. The first-order valence-electron chi connectivity index (χ1n) is 6.59. The van der Waals surface area contributed by atoms with Crippen molar-refractivity contribution in [3.8, 4) is 0 Å². The van der Waals surface area contributed by atoms with Gasteiger partial charge in [-0.3, -0.25) is 9.59 Å². The van der Waals surface area contributed by atoms with Gasteiger partial charge in [0.15, 0.2) is 0 Å². The number of carbonyl (C=O) groups is 1. The lowest BCUT2D eigenvalue weighted by molar-refractivity contribution is -0.125. The first-order valence-corrected chi connectivity index (χ1v) is 6.59. The highest BCUT2D eigenvalue weighted by molar-refractivity contribution is 5.95. The second kappa shape index (κ2) is 7.45. The van der Waals surface area contributed by atoms with Crippen molar-refractivity contribution in [3.05, 3.63) is 28.2 Å². The van der Waals surface area contributed by atoms with E-state index in [1.165, 1.54) is 10.6 Å². The molecule has 1 aromatic heterocycles. The fourth-order valence-corrected chi connectivity index (χ4v) is 2.06. The third-order valence-electron chi connectivity index (χ3n) is 3.91. The van der Waals surface area contributed by atoms with E-state index in [-0.39, 0.29) is 23.9 Å². The summed E-state index contributed by atoms with van der Waals surface area (Å²) in [6.45, 7) is 6.04. The lowest BCUT2D eigenvalue weighted by Crippen LogP contribution is -2.41. The minimum atomic E-state index is -0.541. The smallest absolute Gasteiger partial charge is 0.250 e. The molecule has 6 heteroatoms. The van der Waals surface area contributed by atoms with E-state index in [2.05, 4.69) is 5.32 Å². The first-order chi connectivity index (χ1) is 8.90. The number of anilines is 1. The molecule has 20 heavy (non-hydrogen) atoms. The summed E-state index contributed by atoms with van der Waals surface area (Å²) in [5.74, 6) is -0.0817. The van der Waals surface area contributed by atoms with E-state index in [0.717, 1.165) is 5.56 Å². The molecule has 0 unspecified atom stereocenters. The van der Waals surface area contributed by atoms with E-state index in [1.54, 1.807) is 20.2 Å². The Kier molecular flexibility index (Phi) is 6.96. The van der Waals surface area contributed by atoms with Crippen molar-refractivity contribution in [2.24, 2.45) is 18.2 Å². The molecule has 1 aromatic rings. The van der Waals surface area contributed by atoms with Crippen LogP contribution in [0.15, 0.2) is 17.1 Å². The Bertz CT molecular complexity index is 513. The number of nitrogens with one attached hydrogen (secondary N) is 1. The number of halogens is 1. The van der Waals surface area contributed by atoms with Gasteiger partial charge in [-0.2, -0.15) is 0 Å². The fourth-order valence-electron chi connectivity index (χ4n) is 2.06. The van der Waals surface area contributed by atoms with Crippen LogP contribution in [0.4, 0.5) is 5.69 Å². The number of rotatable bonds is 5. The zero-order valence-electron chi connectivity index (χ0n) is 12.5. The average molecular weight is 302 g/mol. The minimum Gasteiger partial charge on any atom is -0.329 e. The maximum absolute atomic E-state index is 12.4. The van der Waals surface area contributed by atoms with Crippen molar-refractivity contribution >= 4 is 24.0 Å². The molecule has 0 bridgehead atoms. The summed E-state index contributed by atoms with van der Waals surface area (Å²) < 4.78 is 1.45. The van der Waals surface area contributed by atoms with Crippen LogP contribution in [0.25, 0.3) is 0 Å².